The second kappa shape index (κ2) is 4.02. The van der Waals surface area contributed by atoms with Crippen LogP contribution in [0.25, 0.3) is 0 Å². The molecule has 0 aliphatic heterocycles. The van der Waals surface area contributed by atoms with E-state index >= 15 is 0 Å². The van der Waals surface area contributed by atoms with Gasteiger partial charge in [-0.2, -0.15) is 0 Å². The molecule has 1 saturated carbocycles. The van der Waals surface area contributed by atoms with Gasteiger partial charge in [0.25, 0.3) is 0 Å². The van der Waals surface area contributed by atoms with Crippen molar-refractivity contribution in [1.82, 2.24) is 15.3 Å². The molecule has 1 aliphatic carbocycles. The van der Waals surface area contributed by atoms with Crippen LogP contribution in [0.15, 0.2) is 12.5 Å². The SMILES string of the molecule is NC1(CC(=O)NCc2cnc[nH]2)CCC1. The fraction of sp³-hybridized carbons (Fsp3) is 0.600. The Labute approximate surface area is 88.5 Å². The highest BCUT2D eigenvalue weighted by Gasteiger charge is 2.34. The molecule has 0 bridgehead atoms. The molecule has 0 spiro atoms. The molecule has 1 aliphatic rings. The van der Waals surface area contributed by atoms with Crippen LogP contribution >= 0.6 is 0 Å². The minimum atomic E-state index is -0.238. The molecule has 0 atom stereocenters. The number of aromatic nitrogens is 2. The lowest BCUT2D eigenvalue weighted by molar-refractivity contribution is -0.123. The molecule has 1 heterocycles. The van der Waals surface area contributed by atoms with Gasteiger partial charge in [-0.1, -0.05) is 0 Å². The second-order valence-electron chi connectivity index (χ2n) is 4.25. The Bertz CT molecular complexity index is 329. The van der Waals surface area contributed by atoms with Crippen LogP contribution in [-0.2, 0) is 11.3 Å². The smallest absolute Gasteiger partial charge is 0.222 e. The normalized spacial score (nSPS) is 18.2. The molecule has 82 valence electrons. The topological polar surface area (TPSA) is 83.8 Å². The summed E-state index contributed by atoms with van der Waals surface area (Å²) in [6, 6.07) is 0. The van der Waals surface area contributed by atoms with Gasteiger partial charge in [-0.05, 0) is 19.3 Å². The number of hydrogen-bond donors (Lipinski definition) is 3. The zero-order chi connectivity index (χ0) is 10.7. The lowest BCUT2D eigenvalue weighted by atomic mass is 9.75. The summed E-state index contributed by atoms with van der Waals surface area (Å²) in [5.74, 6) is 0.0202. The van der Waals surface area contributed by atoms with Crippen molar-refractivity contribution >= 4 is 5.91 Å². The first-order chi connectivity index (χ1) is 7.18. The second-order valence-corrected chi connectivity index (χ2v) is 4.25. The molecule has 1 fully saturated rings. The third-order valence-corrected chi connectivity index (χ3v) is 2.89. The van der Waals surface area contributed by atoms with Gasteiger partial charge in [-0.15, -0.1) is 0 Å². The Morgan fingerprint density at radius 3 is 3.00 bits per heavy atom. The van der Waals surface area contributed by atoms with E-state index in [1.165, 1.54) is 0 Å². The van der Waals surface area contributed by atoms with E-state index in [0.717, 1.165) is 25.0 Å². The van der Waals surface area contributed by atoms with Crippen molar-refractivity contribution in [2.45, 2.75) is 37.8 Å². The average molecular weight is 208 g/mol. The Kier molecular flexibility index (Phi) is 2.73. The summed E-state index contributed by atoms with van der Waals surface area (Å²) in [6.07, 6.45) is 6.79. The minimum Gasteiger partial charge on any atom is -0.350 e. The molecule has 15 heavy (non-hydrogen) atoms. The van der Waals surface area contributed by atoms with Gasteiger partial charge < -0.3 is 16.0 Å². The standard InChI is InChI=1S/C10H16N4O/c11-10(2-1-3-10)4-9(15)13-6-8-5-12-7-14-8/h5,7H,1-4,6,11H2,(H,12,14)(H,13,15). The van der Waals surface area contributed by atoms with Crippen molar-refractivity contribution < 1.29 is 4.79 Å². The van der Waals surface area contributed by atoms with Gasteiger partial charge in [-0.3, -0.25) is 4.79 Å². The first kappa shape index (κ1) is 10.2. The molecule has 0 unspecified atom stereocenters. The molecule has 1 aromatic rings. The summed E-state index contributed by atoms with van der Waals surface area (Å²) < 4.78 is 0. The summed E-state index contributed by atoms with van der Waals surface area (Å²) in [4.78, 5) is 18.3. The molecule has 5 heteroatoms. The highest BCUT2D eigenvalue weighted by Crippen LogP contribution is 2.31. The zero-order valence-electron chi connectivity index (χ0n) is 8.62. The highest BCUT2D eigenvalue weighted by atomic mass is 16.1. The van der Waals surface area contributed by atoms with E-state index in [-0.39, 0.29) is 11.4 Å². The van der Waals surface area contributed by atoms with Gasteiger partial charge in [-0.25, -0.2) is 4.98 Å². The molecule has 5 nitrogen and oxygen atoms in total. The van der Waals surface area contributed by atoms with Crippen LogP contribution in [0, 0.1) is 0 Å². The van der Waals surface area contributed by atoms with Crippen molar-refractivity contribution in [3.8, 4) is 0 Å². The van der Waals surface area contributed by atoms with Crippen LogP contribution < -0.4 is 11.1 Å². The van der Waals surface area contributed by atoms with Crippen LogP contribution in [-0.4, -0.2) is 21.4 Å². The number of aromatic amines is 1. The highest BCUT2D eigenvalue weighted by molar-refractivity contribution is 5.77. The first-order valence-electron chi connectivity index (χ1n) is 5.21. The third-order valence-electron chi connectivity index (χ3n) is 2.89. The van der Waals surface area contributed by atoms with Crippen LogP contribution in [0.1, 0.15) is 31.4 Å². The molecule has 0 saturated heterocycles. The zero-order valence-corrected chi connectivity index (χ0v) is 8.62. The van der Waals surface area contributed by atoms with E-state index in [0.29, 0.717) is 13.0 Å². The minimum absolute atomic E-state index is 0.0202. The number of nitrogens with two attached hydrogens (primary N) is 1. The van der Waals surface area contributed by atoms with E-state index in [4.69, 9.17) is 5.73 Å². The summed E-state index contributed by atoms with van der Waals surface area (Å²) in [5.41, 5.74) is 6.64. The van der Waals surface area contributed by atoms with E-state index in [9.17, 15) is 4.79 Å². The van der Waals surface area contributed by atoms with E-state index < -0.39 is 0 Å². The van der Waals surface area contributed by atoms with Gasteiger partial charge in [0.2, 0.25) is 5.91 Å². The molecular weight excluding hydrogens is 192 g/mol. The number of carbonyl (C=O) groups is 1. The fourth-order valence-corrected chi connectivity index (χ4v) is 1.77. The quantitative estimate of drug-likeness (QED) is 0.665. The Balaban J connectivity index is 1.73. The number of H-pyrrole nitrogens is 1. The van der Waals surface area contributed by atoms with Gasteiger partial charge >= 0.3 is 0 Å². The monoisotopic (exact) mass is 208 g/mol. The maximum Gasteiger partial charge on any atom is 0.222 e. The fourth-order valence-electron chi connectivity index (χ4n) is 1.77. The maximum absolute atomic E-state index is 11.5. The number of carbonyl (C=O) groups excluding carboxylic acids is 1. The molecule has 0 aromatic carbocycles. The predicted octanol–water partition coefficient (Wildman–Crippen LogP) is 0.297. The largest absolute Gasteiger partial charge is 0.350 e. The lowest BCUT2D eigenvalue weighted by Gasteiger charge is -2.37. The van der Waals surface area contributed by atoms with Gasteiger partial charge in [0.1, 0.15) is 0 Å². The summed E-state index contributed by atoms with van der Waals surface area (Å²) in [7, 11) is 0. The molecule has 4 N–H and O–H groups in total. The van der Waals surface area contributed by atoms with Crippen molar-refractivity contribution in [2.75, 3.05) is 0 Å². The predicted molar refractivity (Wildman–Crippen MR) is 55.8 cm³/mol. The number of imidazole rings is 1. The summed E-state index contributed by atoms with van der Waals surface area (Å²) >= 11 is 0. The van der Waals surface area contributed by atoms with Crippen LogP contribution in [0.5, 0.6) is 0 Å². The Hall–Kier alpha value is -1.36. The van der Waals surface area contributed by atoms with Gasteiger partial charge in [0.05, 0.1) is 18.6 Å². The van der Waals surface area contributed by atoms with E-state index in [1.807, 2.05) is 0 Å². The van der Waals surface area contributed by atoms with Gasteiger partial charge in [0, 0.05) is 18.2 Å². The molecule has 0 radical (unpaired) electrons. The van der Waals surface area contributed by atoms with Crippen LogP contribution in [0.3, 0.4) is 0 Å². The van der Waals surface area contributed by atoms with Crippen LogP contribution in [0.2, 0.25) is 0 Å². The summed E-state index contributed by atoms with van der Waals surface area (Å²) in [6.45, 7) is 0.495. The number of nitrogens with zero attached hydrogens (tertiary/aromatic N) is 1. The molecule has 1 aromatic heterocycles. The number of rotatable bonds is 4. The van der Waals surface area contributed by atoms with Crippen LogP contribution in [0.4, 0.5) is 0 Å². The van der Waals surface area contributed by atoms with Crippen molar-refractivity contribution in [3.63, 3.8) is 0 Å². The van der Waals surface area contributed by atoms with Crippen molar-refractivity contribution in [2.24, 2.45) is 5.73 Å². The Morgan fingerprint density at radius 1 is 1.67 bits per heavy atom. The molecule has 1 amide bonds. The van der Waals surface area contributed by atoms with Crippen molar-refractivity contribution in [1.29, 1.82) is 0 Å². The van der Waals surface area contributed by atoms with Crippen molar-refractivity contribution in [3.05, 3.63) is 18.2 Å². The number of hydrogen-bond acceptors (Lipinski definition) is 3. The van der Waals surface area contributed by atoms with E-state index in [1.54, 1.807) is 12.5 Å². The van der Waals surface area contributed by atoms with E-state index in [2.05, 4.69) is 15.3 Å². The number of nitrogens with one attached hydrogen (secondary N) is 2. The third kappa shape index (κ3) is 2.56. The summed E-state index contributed by atoms with van der Waals surface area (Å²) in [5, 5.41) is 2.82. The van der Waals surface area contributed by atoms with Gasteiger partial charge in [0.15, 0.2) is 0 Å². The average Bonchev–Trinajstić information content (AvgIpc) is 2.64. The molecular formula is C10H16N4O. The first-order valence-corrected chi connectivity index (χ1v) is 5.21. The Morgan fingerprint density at radius 2 is 2.47 bits per heavy atom. The lowest BCUT2D eigenvalue weighted by Crippen LogP contribution is -2.49. The molecule has 2 rings (SSSR count). The maximum atomic E-state index is 11.5. The number of amides is 1.